The highest BCUT2D eigenvalue weighted by Crippen LogP contribution is 2.18. The van der Waals surface area contributed by atoms with Gasteiger partial charge in [0.05, 0.1) is 12.8 Å². The number of hydrogen-bond acceptors (Lipinski definition) is 4. The highest BCUT2D eigenvalue weighted by atomic mass is 32.1. The molecule has 1 saturated heterocycles. The van der Waals surface area contributed by atoms with Crippen molar-refractivity contribution in [3.05, 3.63) is 24.2 Å². The van der Waals surface area contributed by atoms with Gasteiger partial charge < -0.3 is 10.2 Å². The first-order valence-corrected chi connectivity index (χ1v) is 7.52. The van der Waals surface area contributed by atoms with E-state index in [9.17, 15) is 0 Å². The Morgan fingerprint density at radius 3 is 2.83 bits per heavy atom. The molecule has 1 aromatic heterocycles. The predicted octanol–water partition coefficient (Wildman–Crippen LogP) is 2.92. The minimum atomic E-state index is 0.493. The van der Waals surface area contributed by atoms with Crippen LogP contribution in [0.25, 0.3) is 0 Å². The fourth-order valence-electron chi connectivity index (χ4n) is 2.37. The maximum atomic E-state index is 5.20. The molecule has 0 aliphatic carbocycles. The van der Waals surface area contributed by atoms with E-state index >= 15 is 0 Å². The van der Waals surface area contributed by atoms with E-state index in [1.165, 1.54) is 38.8 Å². The van der Waals surface area contributed by atoms with Crippen molar-refractivity contribution in [1.29, 1.82) is 0 Å². The monoisotopic (exact) mass is 270 g/mol. The molecule has 1 aliphatic rings. The minimum Gasteiger partial charge on any atom is -0.468 e. The SMILES string of the molecule is CCC1CCCCN1CCS.NCc1ccco1. The summed E-state index contributed by atoms with van der Waals surface area (Å²) in [7, 11) is 0. The summed E-state index contributed by atoms with van der Waals surface area (Å²) >= 11 is 4.27. The van der Waals surface area contributed by atoms with Crippen LogP contribution in [-0.4, -0.2) is 29.8 Å². The van der Waals surface area contributed by atoms with Crippen LogP contribution in [-0.2, 0) is 6.54 Å². The molecule has 0 spiro atoms. The fourth-order valence-corrected chi connectivity index (χ4v) is 2.63. The second-order valence-electron chi connectivity index (χ2n) is 4.60. The van der Waals surface area contributed by atoms with E-state index in [1.807, 2.05) is 12.1 Å². The van der Waals surface area contributed by atoms with Gasteiger partial charge in [0.2, 0.25) is 0 Å². The Morgan fingerprint density at radius 1 is 1.50 bits per heavy atom. The summed E-state index contributed by atoms with van der Waals surface area (Å²) in [5, 5.41) is 0. The van der Waals surface area contributed by atoms with E-state index in [0.717, 1.165) is 17.6 Å². The summed E-state index contributed by atoms with van der Waals surface area (Å²) in [5.41, 5.74) is 5.20. The zero-order valence-electron chi connectivity index (χ0n) is 11.3. The molecule has 1 atom stereocenters. The van der Waals surface area contributed by atoms with Crippen molar-refractivity contribution in [2.75, 3.05) is 18.8 Å². The van der Waals surface area contributed by atoms with Crippen molar-refractivity contribution < 1.29 is 4.42 Å². The largest absolute Gasteiger partial charge is 0.468 e. The van der Waals surface area contributed by atoms with Crippen LogP contribution in [0.3, 0.4) is 0 Å². The standard InChI is InChI=1S/C9H19NS.C5H7NO/c1-2-9-5-3-4-6-10(9)7-8-11;6-4-5-2-1-3-7-5/h9,11H,2-8H2,1H3;1-3H,4,6H2. The van der Waals surface area contributed by atoms with Gasteiger partial charge in [-0.2, -0.15) is 12.6 Å². The Hall–Kier alpha value is -0.450. The molecule has 3 nitrogen and oxygen atoms in total. The Bertz CT molecular complexity index is 288. The third-order valence-corrected chi connectivity index (χ3v) is 3.59. The quantitative estimate of drug-likeness (QED) is 0.827. The third kappa shape index (κ3) is 5.46. The molecule has 1 aliphatic heterocycles. The number of nitrogens with two attached hydrogens (primary N) is 1. The van der Waals surface area contributed by atoms with Crippen LogP contribution in [0, 0.1) is 0 Å². The Labute approximate surface area is 116 Å². The third-order valence-electron chi connectivity index (χ3n) is 3.39. The van der Waals surface area contributed by atoms with Crippen molar-refractivity contribution in [1.82, 2.24) is 4.90 Å². The molecule has 18 heavy (non-hydrogen) atoms. The fraction of sp³-hybridized carbons (Fsp3) is 0.714. The van der Waals surface area contributed by atoms with Crippen molar-refractivity contribution in [2.24, 2.45) is 5.73 Å². The molecule has 0 radical (unpaired) electrons. The van der Waals surface area contributed by atoms with E-state index in [1.54, 1.807) is 6.26 Å². The summed E-state index contributed by atoms with van der Waals surface area (Å²) < 4.78 is 4.86. The van der Waals surface area contributed by atoms with E-state index in [4.69, 9.17) is 10.2 Å². The summed E-state index contributed by atoms with van der Waals surface area (Å²) in [4.78, 5) is 2.59. The molecule has 2 rings (SSSR count). The lowest BCUT2D eigenvalue weighted by atomic mass is 10.0. The molecule has 1 fully saturated rings. The first-order valence-electron chi connectivity index (χ1n) is 6.89. The van der Waals surface area contributed by atoms with Gasteiger partial charge in [-0.3, -0.25) is 4.90 Å². The first kappa shape index (κ1) is 15.6. The number of rotatable bonds is 4. The zero-order valence-corrected chi connectivity index (χ0v) is 12.2. The van der Waals surface area contributed by atoms with Gasteiger partial charge in [0, 0.05) is 18.3 Å². The number of likely N-dealkylation sites (tertiary alicyclic amines) is 1. The number of furan rings is 1. The smallest absolute Gasteiger partial charge is 0.117 e. The van der Waals surface area contributed by atoms with Crippen LogP contribution in [0.15, 0.2) is 22.8 Å². The van der Waals surface area contributed by atoms with Crippen LogP contribution >= 0.6 is 12.6 Å². The van der Waals surface area contributed by atoms with E-state index in [0.29, 0.717) is 6.54 Å². The van der Waals surface area contributed by atoms with E-state index in [-0.39, 0.29) is 0 Å². The zero-order chi connectivity index (χ0) is 13.2. The molecule has 4 heteroatoms. The van der Waals surface area contributed by atoms with Crippen molar-refractivity contribution in [3.8, 4) is 0 Å². The van der Waals surface area contributed by atoms with Crippen LogP contribution in [0.2, 0.25) is 0 Å². The van der Waals surface area contributed by atoms with Crippen LogP contribution in [0.4, 0.5) is 0 Å². The average Bonchev–Trinajstić information content (AvgIpc) is 2.94. The first-order chi connectivity index (χ1) is 8.81. The highest BCUT2D eigenvalue weighted by Gasteiger charge is 2.19. The van der Waals surface area contributed by atoms with Gasteiger partial charge in [-0.15, -0.1) is 0 Å². The van der Waals surface area contributed by atoms with Gasteiger partial charge in [0.25, 0.3) is 0 Å². The van der Waals surface area contributed by atoms with Gasteiger partial charge in [0.15, 0.2) is 0 Å². The second-order valence-corrected chi connectivity index (χ2v) is 5.05. The second kappa shape index (κ2) is 9.48. The van der Waals surface area contributed by atoms with Gasteiger partial charge in [-0.05, 0) is 37.9 Å². The van der Waals surface area contributed by atoms with Crippen LogP contribution < -0.4 is 5.73 Å². The van der Waals surface area contributed by atoms with Gasteiger partial charge in [-0.25, -0.2) is 0 Å². The molecule has 1 aromatic rings. The highest BCUT2D eigenvalue weighted by molar-refractivity contribution is 7.80. The molecule has 0 saturated carbocycles. The number of piperidine rings is 1. The Morgan fingerprint density at radius 2 is 2.33 bits per heavy atom. The summed E-state index contributed by atoms with van der Waals surface area (Å²) in [6, 6.07) is 4.53. The molecule has 0 amide bonds. The maximum Gasteiger partial charge on any atom is 0.117 e. The minimum absolute atomic E-state index is 0.493. The molecule has 0 bridgehead atoms. The van der Waals surface area contributed by atoms with Gasteiger partial charge in [-0.1, -0.05) is 13.3 Å². The Balaban J connectivity index is 0.000000199. The normalized spacial score (nSPS) is 20.3. The van der Waals surface area contributed by atoms with Crippen molar-refractivity contribution >= 4 is 12.6 Å². The number of thiol groups is 1. The lowest BCUT2D eigenvalue weighted by molar-refractivity contribution is 0.154. The predicted molar refractivity (Wildman–Crippen MR) is 80.0 cm³/mol. The number of hydrogen-bond donors (Lipinski definition) is 2. The molecule has 2 heterocycles. The summed E-state index contributed by atoms with van der Waals surface area (Å²) in [5.74, 6) is 1.84. The molecular weight excluding hydrogens is 244 g/mol. The number of nitrogens with zero attached hydrogens (tertiary/aromatic N) is 1. The Kier molecular flexibility index (Phi) is 8.22. The molecule has 0 aromatic carbocycles. The average molecular weight is 270 g/mol. The van der Waals surface area contributed by atoms with Crippen LogP contribution in [0.5, 0.6) is 0 Å². The molecule has 2 N–H and O–H groups in total. The molecular formula is C14H26N2OS. The van der Waals surface area contributed by atoms with Gasteiger partial charge >= 0.3 is 0 Å². The summed E-state index contributed by atoms with van der Waals surface area (Å²) in [6.45, 7) is 5.27. The van der Waals surface area contributed by atoms with Gasteiger partial charge in [0.1, 0.15) is 5.76 Å². The molecule has 1 unspecified atom stereocenters. The summed E-state index contributed by atoms with van der Waals surface area (Å²) in [6.07, 6.45) is 7.16. The van der Waals surface area contributed by atoms with Crippen LogP contribution in [0.1, 0.15) is 38.4 Å². The van der Waals surface area contributed by atoms with Crippen molar-refractivity contribution in [3.63, 3.8) is 0 Å². The van der Waals surface area contributed by atoms with E-state index < -0.39 is 0 Å². The lowest BCUT2D eigenvalue weighted by Crippen LogP contribution is -2.40. The molecule has 104 valence electrons. The maximum absolute atomic E-state index is 5.20. The topological polar surface area (TPSA) is 42.4 Å². The lowest BCUT2D eigenvalue weighted by Gasteiger charge is -2.34. The van der Waals surface area contributed by atoms with E-state index in [2.05, 4.69) is 24.5 Å². The van der Waals surface area contributed by atoms with Crippen molar-refractivity contribution in [2.45, 2.75) is 45.2 Å².